The number of hydrogen-bond acceptors (Lipinski definition) is 3. The molecule has 1 fully saturated rings. The normalized spacial score (nSPS) is 30.5. The summed E-state index contributed by atoms with van der Waals surface area (Å²) in [4.78, 5) is 13.1. The number of ether oxygens (including phenoxy) is 1. The molecule has 0 aromatic heterocycles. The highest BCUT2D eigenvalue weighted by Crippen LogP contribution is 2.26. The van der Waals surface area contributed by atoms with Gasteiger partial charge in [-0.25, -0.2) is 0 Å². The SMILES string of the molecule is COCC(C)N1CCC(C(=O)O)C1C. The van der Waals surface area contributed by atoms with Crippen LogP contribution in [0.5, 0.6) is 0 Å². The van der Waals surface area contributed by atoms with E-state index in [9.17, 15) is 4.79 Å². The van der Waals surface area contributed by atoms with Crippen LogP contribution in [0.1, 0.15) is 20.3 Å². The highest BCUT2D eigenvalue weighted by Gasteiger charge is 2.37. The van der Waals surface area contributed by atoms with Crippen LogP contribution >= 0.6 is 0 Å². The molecule has 1 aliphatic heterocycles. The van der Waals surface area contributed by atoms with E-state index in [0.717, 1.165) is 13.0 Å². The minimum Gasteiger partial charge on any atom is -0.481 e. The Morgan fingerprint density at radius 2 is 2.36 bits per heavy atom. The minimum atomic E-state index is -0.676. The Morgan fingerprint density at radius 1 is 1.71 bits per heavy atom. The van der Waals surface area contributed by atoms with E-state index in [1.54, 1.807) is 7.11 Å². The van der Waals surface area contributed by atoms with E-state index in [1.807, 2.05) is 6.92 Å². The first-order valence-corrected chi connectivity index (χ1v) is 5.05. The monoisotopic (exact) mass is 201 g/mol. The Bertz CT molecular complexity index is 208. The molecule has 1 aliphatic rings. The summed E-state index contributed by atoms with van der Waals surface area (Å²) in [6.45, 7) is 5.58. The largest absolute Gasteiger partial charge is 0.481 e. The lowest BCUT2D eigenvalue weighted by molar-refractivity contribution is -0.142. The van der Waals surface area contributed by atoms with Gasteiger partial charge in [0.2, 0.25) is 0 Å². The number of carboxylic acid groups (broad SMARTS) is 1. The minimum absolute atomic E-state index is 0.123. The highest BCUT2D eigenvalue weighted by molar-refractivity contribution is 5.71. The molecular formula is C10H19NO3. The standard InChI is InChI=1S/C10H19NO3/c1-7(6-14-3)11-5-4-9(8(11)2)10(12)13/h7-9H,4-6H2,1-3H3,(H,12,13). The van der Waals surface area contributed by atoms with Crippen molar-refractivity contribution in [2.45, 2.75) is 32.4 Å². The van der Waals surface area contributed by atoms with Crippen molar-refractivity contribution in [2.75, 3.05) is 20.3 Å². The van der Waals surface area contributed by atoms with Gasteiger partial charge in [-0.1, -0.05) is 0 Å². The quantitative estimate of drug-likeness (QED) is 0.731. The average Bonchev–Trinajstić information content (AvgIpc) is 2.47. The molecule has 0 aromatic carbocycles. The molecule has 0 spiro atoms. The van der Waals surface area contributed by atoms with Crippen molar-refractivity contribution in [1.29, 1.82) is 0 Å². The van der Waals surface area contributed by atoms with Gasteiger partial charge in [-0.05, 0) is 26.8 Å². The maximum atomic E-state index is 10.9. The maximum absolute atomic E-state index is 10.9. The molecule has 1 N–H and O–H groups in total. The van der Waals surface area contributed by atoms with Gasteiger partial charge in [0.25, 0.3) is 0 Å². The second kappa shape index (κ2) is 4.75. The lowest BCUT2D eigenvalue weighted by Gasteiger charge is -2.28. The van der Waals surface area contributed by atoms with Crippen LogP contribution in [0.25, 0.3) is 0 Å². The number of hydrogen-bond donors (Lipinski definition) is 1. The Kier molecular flexibility index (Phi) is 3.89. The smallest absolute Gasteiger partial charge is 0.308 e. The van der Waals surface area contributed by atoms with Crippen molar-refractivity contribution in [1.82, 2.24) is 4.90 Å². The zero-order valence-electron chi connectivity index (χ0n) is 9.06. The van der Waals surface area contributed by atoms with E-state index in [1.165, 1.54) is 0 Å². The van der Waals surface area contributed by atoms with E-state index in [-0.39, 0.29) is 12.0 Å². The van der Waals surface area contributed by atoms with Crippen LogP contribution in [-0.4, -0.2) is 48.3 Å². The summed E-state index contributed by atoms with van der Waals surface area (Å²) in [7, 11) is 1.67. The van der Waals surface area contributed by atoms with Crippen LogP contribution < -0.4 is 0 Å². The molecule has 14 heavy (non-hydrogen) atoms. The summed E-state index contributed by atoms with van der Waals surface area (Å²) < 4.78 is 5.07. The lowest BCUT2D eigenvalue weighted by atomic mass is 10.0. The molecule has 0 aromatic rings. The molecule has 0 amide bonds. The van der Waals surface area contributed by atoms with Gasteiger partial charge < -0.3 is 9.84 Å². The van der Waals surface area contributed by atoms with Crippen LogP contribution in [-0.2, 0) is 9.53 Å². The van der Waals surface area contributed by atoms with Gasteiger partial charge in [0.15, 0.2) is 0 Å². The third-order valence-electron chi connectivity index (χ3n) is 3.09. The predicted octanol–water partition coefficient (Wildman–Crippen LogP) is 0.816. The molecular weight excluding hydrogens is 182 g/mol. The Hall–Kier alpha value is -0.610. The first-order chi connectivity index (χ1) is 6.57. The van der Waals surface area contributed by atoms with E-state index < -0.39 is 5.97 Å². The maximum Gasteiger partial charge on any atom is 0.308 e. The van der Waals surface area contributed by atoms with Crippen molar-refractivity contribution in [3.05, 3.63) is 0 Å². The Labute approximate surface area is 84.8 Å². The van der Waals surface area contributed by atoms with E-state index >= 15 is 0 Å². The molecule has 3 atom stereocenters. The molecule has 3 unspecified atom stereocenters. The number of methoxy groups -OCH3 is 1. The average molecular weight is 201 g/mol. The summed E-state index contributed by atoms with van der Waals surface area (Å²) in [6.07, 6.45) is 0.755. The van der Waals surface area contributed by atoms with Crippen LogP contribution in [0.15, 0.2) is 0 Å². The van der Waals surface area contributed by atoms with Crippen molar-refractivity contribution >= 4 is 5.97 Å². The topological polar surface area (TPSA) is 49.8 Å². The van der Waals surface area contributed by atoms with E-state index in [2.05, 4.69) is 11.8 Å². The van der Waals surface area contributed by atoms with E-state index in [4.69, 9.17) is 9.84 Å². The Morgan fingerprint density at radius 3 is 2.79 bits per heavy atom. The highest BCUT2D eigenvalue weighted by atomic mass is 16.5. The number of rotatable bonds is 4. The number of carboxylic acids is 1. The summed E-state index contributed by atoms with van der Waals surface area (Å²) in [5.74, 6) is -0.890. The predicted molar refractivity (Wildman–Crippen MR) is 53.2 cm³/mol. The van der Waals surface area contributed by atoms with Crippen LogP contribution in [0, 0.1) is 5.92 Å². The summed E-state index contributed by atoms with van der Waals surface area (Å²) in [6, 6.07) is 0.428. The third-order valence-corrected chi connectivity index (χ3v) is 3.09. The second-order valence-corrected chi connectivity index (χ2v) is 4.02. The van der Waals surface area contributed by atoms with Crippen molar-refractivity contribution in [2.24, 2.45) is 5.92 Å². The van der Waals surface area contributed by atoms with Gasteiger partial charge in [0.05, 0.1) is 12.5 Å². The van der Waals surface area contributed by atoms with Gasteiger partial charge in [0.1, 0.15) is 0 Å². The summed E-state index contributed by atoms with van der Waals surface area (Å²) in [5.41, 5.74) is 0. The number of likely N-dealkylation sites (tertiary alicyclic amines) is 1. The number of aliphatic carboxylic acids is 1. The van der Waals surface area contributed by atoms with Crippen LogP contribution in [0.3, 0.4) is 0 Å². The van der Waals surface area contributed by atoms with Gasteiger partial charge >= 0.3 is 5.97 Å². The molecule has 82 valence electrons. The van der Waals surface area contributed by atoms with Gasteiger partial charge in [-0.15, -0.1) is 0 Å². The molecule has 4 heteroatoms. The van der Waals surface area contributed by atoms with Crippen LogP contribution in [0.4, 0.5) is 0 Å². The molecule has 0 saturated carbocycles. The number of carbonyl (C=O) groups is 1. The van der Waals surface area contributed by atoms with Gasteiger partial charge in [-0.3, -0.25) is 9.69 Å². The molecule has 4 nitrogen and oxygen atoms in total. The first kappa shape index (κ1) is 11.5. The third kappa shape index (κ3) is 2.25. The fourth-order valence-electron chi connectivity index (χ4n) is 2.25. The van der Waals surface area contributed by atoms with Crippen molar-refractivity contribution in [3.63, 3.8) is 0 Å². The van der Waals surface area contributed by atoms with Crippen molar-refractivity contribution < 1.29 is 14.6 Å². The van der Waals surface area contributed by atoms with Gasteiger partial charge in [0, 0.05) is 19.2 Å². The fraction of sp³-hybridized carbons (Fsp3) is 0.900. The summed E-state index contributed by atoms with van der Waals surface area (Å²) >= 11 is 0. The summed E-state index contributed by atoms with van der Waals surface area (Å²) in [5, 5.41) is 8.96. The molecule has 0 radical (unpaired) electrons. The lowest BCUT2D eigenvalue weighted by Crippen LogP contribution is -2.41. The molecule has 0 bridgehead atoms. The zero-order chi connectivity index (χ0) is 10.7. The molecule has 0 aliphatic carbocycles. The first-order valence-electron chi connectivity index (χ1n) is 5.05. The molecule has 1 saturated heterocycles. The molecule has 1 heterocycles. The fourth-order valence-corrected chi connectivity index (χ4v) is 2.25. The van der Waals surface area contributed by atoms with E-state index in [0.29, 0.717) is 12.6 Å². The second-order valence-electron chi connectivity index (χ2n) is 4.02. The number of nitrogens with zero attached hydrogens (tertiary/aromatic N) is 1. The zero-order valence-corrected chi connectivity index (χ0v) is 9.06. The molecule has 1 rings (SSSR count). The van der Waals surface area contributed by atoms with Crippen LogP contribution in [0.2, 0.25) is 0 Å². The van der Waals surface area contributed by atoms with Gasteiger partial charge in [-0.2, -0.15) is 0 Å². The van der Waals surface area contributed by atoms with Crippen molar-refractivity contribution in [3.8, 4) is 0 Å². The Balaban J connectivity index is 2.54.